The molecular formula is C38H52ClF3N6O2S. The first-order valence-corrected chi connectivity index (χ1v) is 18.9. The Hall–Kier alpha value is -3.29. The Labute approximate surface area is 310 Å². The van der Waals surface area contributed by atoms with Gasteiger partial charge >= 0.3 is 6.18 Å². The van der Waals surface area contributed by atoms with Crippen molar-refractivity contribution in [2.24, 2.45) is 5.10 Å². The summed E-state index contributed by atoms with van der Waals surface area (Å²) in [5.41, 5.74) is 5.25. The monoisotopic (exact) mass is 748 g/mol. The van der Waals surface area contributed by atoms with Crippen LogP contribution in [-0.4, -0.2) is 92.5 Å². The Morgan fingerprint density at radius 1 is 0.902 bits per heavy atom. The van der Waals surface area contributed by atoms with E-state index in [1.807, 2.05) is 18.2 Å². The fraction of sp³-hybridized carbons (Fsp3) is 0.500. The first kappa shape index (κ1) is 42.1. The molecule has 0 saturated heterocycles. The number of rotatable bonds is 17. The number of fused-ring (bicyclic) bond motifs is 1. The number of carbonyl (C=O) groups excluding carboxylic acids is 2. The van der Waals surface area contributed by atoms with Crippen LogP contribution in [0.4, 0.5) is 18.2 Å². The van der Waals surface area contributed by atoms with Crippen molar-refractivity contribution in [1.82, 2.24) is 20.1 Å². The van der Waals surface area contributed by atoms with E-state index in [1.165, 1.54) is 22.7 Å². The van der Waals surface area contributed by atoms with E-state index >= 15 is 0 Å². The van der Waals surface area contributed by atoms with Crippen LogP contribution >= 0.6 is 22.9 Å². The molecule has 0 radical (unpaired) electrons. The van der Waals surface area contributed by atoms with Gasteiger partial charge in [-0.1, -0.05) is 63.6 Å². The van der Waals surface area contributed by atoms with Gasteiger partial charge in [0, 0.05) is 50.2 Å². The van der Waals surface area contributed by atoms with Gasteiger partial charge in [-0.2, -0.15) is 18.3 Å². The van der Waals surface area contributed by atoms with E-state index < -0.39 is 11.7 Å². The number of nitrogens with zero attached hydrogens (tertiary/aromatic N) is 4. The molecule has 51 heavy (non-hydrogen) atoms. The third-order valence-corrected chi connectivity index (χ3v) is 10.7. The fourth-order valence-electron chi connectivity index (χ4n) is 5.98. The molecule has 2 aromatic carbocycles. The summed E-state index contributed by atoms with van der Waals surface area (Å²) >= 11 is 7.16. The minimum Gasteiger partial charge on any atom is -0.379 e. The van der Waals surface area contributed by atoms with Crippen LogP contribution in [-0.2, 0) is 25.6 Å². The second-order valence-electron chi connectivity index (χ2n) is 12.3. The number of anilines is 1. The molecule has 2 N–H and O–H groups in total. The lowest BCUT2D eigenvalue weighted by Crippen LogP contribution is -2.39. The average Bonchev–Trinajstić information content (AvgIpc) is 3.52. The van der Waals surface area contributed by atoms with Gasteiger partial charge in [-0.25, -0.2) is 5.43 Å². The molecule has 0 fully saturated rings. The number of aryl methyl sites for hydroxylation is 1. The fourth-order valence-corrected chi connectivity index (χ4v) is 7.45. The Balaban J connectivity index is 0.000000278. The van der Waals surface area contributed by atoms with Gasteiger partial charge in [-0.15, -0.1) is 11.3 Å². The second kappa shape index (κ2) is 21.3. The van der Waals surface area contributed by atoms with E-state index in [2.05, 4.69) is 64.3 Å². The van der Waals surface area contributed by atoms with E-state index in [1.54, 1.807) is 18.4 Å². The van der Waals surface area contributed by atoms with Crippen molar-refractivity contribution >= 4 is 46.3 Å². The molecule has 1 heterocycles. The van der Waals surface area contributed by atoms with Gasteiger partial charge < -0.3 is 15.1 Å². The molecule has 0 atom stereocenters. The van der Waals surface area contributed by atoms with Crippen molar-refractivity contribution in [3.63, 3.8) is 0 Å². The van der Waals surface area contributed by atoms with Gasteiger partial charge in [0.2, 0.25) is 0 Å². The molecule has 0 aliphatic heterocycles. The van der Waals surface area contributed by atoms with Gasteiger partial charge in [0.05, 0.1) is 22.4 Å². The van der Waals surface area contributed by atoms with E-state index in [9.17, 15) is 22.8 Å². The van der Waals surface area contributed by atoms with Crippen LogP contribution in [0.3, 0.4) is 0 Å². The van der Waals surface area contributed by atoms with Crippen LogP contribution < -0.4 is 10.7 Å². The van der Waals surface area contributed by atoms with Crippen LogP contribution in [0.1, 0.15) is 88.4 Å². The van der Waals surface area contributed by atoms with E-state index in [-0.39, 0.29) is 16.5 Å². The molecule has 1 aliphatic carbocycles. The lowest BCUT2D eigenvalue weighted by Gasteiger charge is -2.29. The molecule has 0 spiro atoms. The molecule has 0 saturated carbocycles. The maximum absolute atomic E-state index is 12.9. The first-order valence-electron chi connectivity index (χ1n) is 17.7. The Morgan fingerprint density at radius 3 is 2.12 bits per heavy atom. The molecule has 0 unspecified atom stereocenters. The molecule has 13 heteroatoms. The molecule has 1 aliphatic rings. The zero-order valence-electron chi connectivity index (χ0n) is 30.4. The molecule has 8 nitrogen and oxygen atoms in total. The zero-order valence-corrected chi connectivity index (χ0v) is 32.0. The van der Waals surface area contributed by atoms with Crippen molar-refractivity contribution in [2.45, 2.75) is 66.1 Å². The van der Waals surface area contributed by atoms with E-state index in [0.29, 0.717) is 5.56 Å². The Morgan fingerprint density at radius 2 is 1.53 bits per heavy atom. The number of likely N-dealkylation sites (N-methyl/N-ethyl adjacent to an activating group) is 2. The van der Waals surface area contributed by atoms with E-state index in [0.717, 1.165) is 119 Å². The third kappa shape index (κ3) is 13.0. The molecule has 4 rings (SSSR count). The quantitative estimate of drug-likeness (QED) is 0.0826. The minimum absolute atomic E-state index is 0.188. The second-order valence-corrected chi connectivity index (χ2v) is 13.8. The number of aldehydes is 1. The third-order valence-electron chi connectivity index (χ3n) is 9.05. The SMILES string of the molecule is CCN(CC)CCN(CCN(CC)CC)Cc1cccc(C=O)c1.CNc1sc2c(c1C(=O)N/N=C/c1ccc(Cl)c(C(F)(F)F)c1)CCCC2. The predicted molar refractivity (Wildman–Crippen MR) is 205 cm³/mol. The van der Waals surface area contributed by atoms with Crippen molar-refractivity contribution in [3.05, 3.63) is 85.7 Å². The van der Waals surface area contributed by atoms with Crippen LogP contribution in [0.15, 0.2) is 47.6 Å². The van der Waals surface area contributed by atoms with Gasteiger partial charge in [0.1, 0.15) is 11.3 Å². The number of thiophene rings is 1. The maximum atomic E-state index is 12.9. The van der Waals surface area contributed by atoms with Gasteiger partial charge in [-0.05, 0) is 86.8 Å². The summed E-state index contributed by atoms with van der Waals surface area (Å²) < 4.78 is 38.7. The first-order chi connectivity index (χ1) is 24.5. The highest BCUT2D eigenvalue weighted by Crippen LogP contribution is 2.38. The number of benzene rings is 2. The number of hydrazone groups is 1. The number of alkyl halides is 3. The smallest absolute Gasteiger partial charge is 0.379 e. The molecule has 3 aromatic rings. The predicted octanol–water partition coefficient (Wildman–Crippen LogP) is 8.09. The normalized spacial score (nSPS) is 13.0. The number of halogens is 4. The number of hydrogen-bond acceptors (Lipinski definition) is 8. The van der Waals surface area contributed by atoms with Gasteiger partial charge in [0.25, 0.3) is 5.91 Å². The number of carbonyl (C=O) groups is 2. The molecule has 1 aromatic heterocycles. The Bertz CT molecular complexity index is 1560. The number of hydrogen-bond donors (Lipinski definition) is 2. The van der Waals surface area contributed by atoms with Crippen molar-refractivity contribution in [2.75, 3.05) is 64.7 Å². The zero-order chi connectivity index (χ0) is 37.4. The maximum Gasteiger partial charge on any atom is 0.417 e. The lowest BCUT2D eigenvalue weighted by atomic mass is 9.95. The molecule has 0 bridgehead atoms. The van der Waals surface area contributed by atoms with Gasteiger partial charge in [-0.3, -0.25) is 14.5 Å². The lowest BCUT2D eigenvalue weighted by molar-refractivity contribution is -0.137. The standard InChI is InChI=1S/C20H35N3O.C18H17ClF3N3OS/c1-5-21(6-2)12-14-23(15-13-22(7-3)8-4)17-19-10-9-11-20(16-19)18-24;1-23-17-15(11-4-2-3-5-14(11)27-17)16(26)25-24-9-10-6-7-13(19)12(8-10)18(20,21)22/h9-11,16,18H,5-8,12-15,17H2,1-4H3;6-9,23H,2-5H2,1H3,(H,25,26)/b;24-9+. The largest absolute Gasteiger partial charge is 0.417 e. The summed E-state index contributed by atoms with van der Waals surface area (Å²) in [6, 6.07) is 11.4. The molecule has 280 valence electrons. The summed E-state index contributed by atoms with van der Waals surface area (Å²) in [7, 11) is 1.75. The topological polar surface area (TPSA) is 80.3 Å². The van der Waals surface area contributed by atoms with Crippen LogP contribution in [0.2, 0.25) is 5.02 Å². The van der Waals surface area contributed by atoms with E-state index in [4.69, 9.17) is 11.6 Å². The summed E-state index contributed by atoms with van der Waals surface area (Å²) in [5, 5.41) is 7.25. The summed E-state index contributed by atoms with van der Waals surface area (Å²) in [4.78, 5) is 32.2. The van der Waals surface area contributed by atoms with Crippen LogP contribution in [0, 0.1) is 0 Å². The van der Waals surface area contributed by atoms with Crippen molar-refractivity contribution in [1.29, 1.82) is 0 Å². The summed E-state index contributed by atoms with van der Waals surface area (Å²) in [6.07, 6.45) is 1.47. The number of nitrogens with one attached hydrogen (secondary N) is 2. The highest BCUT2D eigenvalue weighted by Gasteiger charge is 2.33. The van der Waals surface area contributed by atoms with Gasteiger partial charge in [0.15, 0.2) is 0 Å². The molecular weight excluding hydrogens is 697 g/mol. The minimum atomic E-state index is -4.55. The summed E-state index contributed by atoms with van der Waals surface area (Å²) in [5.74, 6) is -0.375. The molecule has 1 amide bonds. The van der Waals surface area contributed by atoms with Crippen LogP contribution in [0.5, 0.6) is 0 Å². The summed E-state index contributed by atoms with van der Waals surface area (Å²) in [6.45, 7) is 18.5. The van der Waals surface area contributed by atoms with Crippen molar-refractivity contribution < 1.29 is 22.8 Å². The highest BCUT2D eigenvalue weighted by atomic mass is 35.5. The van der Waals surface area contributed by atoms with Crippen LogP contribution in [0.25, 0.3) is 0 Å². The van der Waals surface area contributed by atoms with Crippen molar-refractivity contribution in [3.8, 4) is 0 Å². The Kier molecular flexibility index (Phi) is 17.6. The number of amides is 1. The average molecular weight is 749 g/mol. The highest BCUT2D eigenvalue weighted by molar-refractivity contribution is 7.16.